The average molecular weight is 196 g/mol. The standard InChI is InChI=1S/C9H16N4O/c1-7(2-3-10)9(14)13-6-8-11-4-5-12-8/h4-5,7H,2-3,6,10H2,1H3,(H,11,12)(H,13,14). The van der Waals surface area contributed by atoms with Gasteiger partial charge in [-0.25, -0.2) is 4.98 Å². The second-order valence-electron chi connectivity index (χ2n) is 3.23. The molecule has 1 rings (SSSR count). The van der Waals surface area contributed by atoms with Crippen LogP contribution in [0, 0.1) is 5.92 Å². The normalized spacial score (nSPS) is 12.4. The van der Waals surface area contributed by atoms with Crippen molar-refractivity contribution in [1.82, 2.24) is 15.3 Å². The Kier molecular flexibility index (Phi) is 4.12. The highest BCUT2D eigenvalue weighted by molar-refractivity contribution is 5.78. The summed E-state index contributed by atoms with van der Waals surface area (Å²) in [6.07, 6.45) is 4.10. The molecular formula is C9H16N4O. The van der Waals surface area contributed by atoms with Gasteiger partial charge in [0.15, 0.2) is 0 Å². The maximum Gasteiger partial charge on any atom is 0.223 e. The summed E-state index contributed by atoms with van der Waals surface area (Å²) in [4.78, 5) is 18.3. The summed E-state index contributed by atoms with van der Waals surface area (Å²) in [5.74, 6) is 0.750. The fourth-order valence-electron chi connectivity index (χ4n) is 1.12. The summed E-state index contributed by atoms with van der Waals surface area (Å²) in [6.45, 7) is 2.85. The average Bonchev–Trinajstić information content (AvgIpc) is 2.67. The van der Waals surface area contributed by atoms with E-state index in [-0.39, 0.29) is 11.8 Å². The minimum absolute atomic E-state index is 0.0202. The molecule has 0 saturated carbocycles. The first-order chi connectivity index (χ1) is 6.74. The minimum atomic E-state index is -0.0324. The molecule has 1 heterocycles. The van der Waals surface area contributed by atoms with E-state index in [9.17, 15) is 4.79 Å². The molecular weight excluding hydrogens is 180 g/mol. The zero-order chi connectivity index (χ0) is 10.4. The van der Waals surface area contributed by atoms with Crippen molar-refractivity contribution in [2.45, 2.75) is 19.9 Å². The Morgan fingerprint density at radius 3 is 3.14 bits per heavy atom. The Morgan fingerprint density at radius 1 is 1.79 bits per heavy atom. The van der Waals surface area contributed by atoms with Crippen molar-refractivity contribution in [1.29, 1.82) is 0 Å². The summed E-state index contributed by atoms with van der Waals surface area (Å²) in [7, 11) is 0. The van der Waals surface area contributed by atoms with Gasteiger partial charge in [-0.2, -0.15) is 0 Å². The van der Waals surface area contributed by atoms with Gasteiger partial charge in [-0.3, -0.25) is 4.79 Å². The molecule has 0 aliphatic rings. The van der Waals surface area contributed by atoms with Crippen molar-refractivity contribution in [2.24, 2.45) is 11.7 Å². The molecule has 0 radical (unpaired) electrons. The fourth-order valence-corrected chi connectivity index (χ4v) is 1.12. The number of nitrogens with one attached hydrogen (secondary N) is 2. The van der Waals surface area contributed by atoms with Gasteiger partial charge in [0.2, 0.25) is 5.91 Å². The van der Waals surface area contributed by atoms with E-state index in [4.69, 9.17) is 5.73 Å². The molecule has 0 aliphatic heterocycles. The first-order valence-electron chi connectivity index (χ1n) is 4.70. The molecule has 1 unspecified atom stereocenters. The highest BCUT2D eigenvalue weighted by atomic mass is 16.1. The van der Waals surface area contributed by atoms with Gasteiger partial charge in [-0.05, 0) is 13.0 Å². The van der Waals surface area contributed by atoms with Gasteiger partial charge in [0.05, 0.1) is 6.54 Å². The van der Waals surface area contributed by atoms with Crippen LogP contribution in [0.4, 0.5) is 0 Å². The summed E-state index contributed by atoms with van der Waals surface area (Å²) in [6, 6.07) is 0. The number of hydrogen-bond acceptors (Lipinski definition) is 3. The van der Waals surface area contributed by atoms with E-state index in [1.165, 1.54) is 0 Å². The number of amides is 1. The zero-order valence-corrected chi connectivity index (χ0v) is 8.29. The second kappa shape index (κ2) is 5.39. The summed E-state index contributed by atoms with van der Waals surface area (Å²) in [5, 5.41) is 2.78. The molecule has 0 fully saturated rings. The number of nitrogens with two attached hydrogens (primary N) is 1. The molecule has 14 heavy (non-hydrogen) atoms. The Bertz CT molecular complexity index is 270. The monoisotopic (exact) mass is 196 g/mol. The largest absolute Gasteiger partial charge is 0.349 e. The topological polar surface area (TPSA) is 83.8 Å². The third kappa shape index (κ3) is 3.18. The quantitative estimate of drug-likeness (QED) is 0.620. The smallest absolute Gasteiger partial charge is 0.223 e. The minimum Gasteiger partial charge on any atom is -0.349 e. The van der Waals surface area contributed by atoms with Crippen LogP contribution in [0.1, 0.15) is 19.2 Å². The fraction of sp³-hybridized carbons (Fsp3) is 0.556. The number of carbonyl (C=O) groups excluding carboxylic acids is 1. The molecule has 1 aromatic heterocycles. The lowest BCUT2D eigenvalue weighted by Crippen LogP contribution is -2.30. The van der Waals surface area contributed by atoms with Gasteiger partial charge in [0, 0.05) is 18.3 Å². The molecule has 0 spiro atoms. The third-order valence-corrected chi connectivity index (χ3v) is 2.03. The van der Waals surface area contributed by atoms with Crippen molar-refractivity contribution in [3.8, 4) is 0 Å². The molecule has 5 heteroatoms. The highest BCUT2D eigenvalue weighted by Crippen LogP contribution is 1.99. The van der Waals surface area contributed by atoms with Crippen LogP contribution in [0.2, 0.25) is 0 Å². The number of rotatable bonds is 5. The van der Waals surface area contributed by atoms with Gasteiger partial charge < -0.3 is 16.0 Å². The van der Waals surface area contributed by atoms with Crippen molar-refractivity contribution < 1.29 is 4.79 Å². The molecule has 0 bridgehead atoms. The van der Waals surface area contributed by atoms with E-state index in [0.717, 1.165) is 5.82 Å². The first kappa shape index (κ1) is 10.7. The predicted molar refractivity (Wildman–Crippen MR) is 53.3 cm³/mol. The van der Waals surface area contributed by atoms with Crippen LogP contribution >= 0.6 is 0 Å². The molecule has 0 saturated heterocycles. The van der Waals surface area contributed by atoms with E-state index in [0.29, 0.717) is 19.5 Å². The number of aromatic nitrogens is 2. The first-order valence-corrected chi connectivity index (χ1v) is 4.70. The van der Waals surface area contributed by atoms with Gasteiger partial charge in [0.1, 0.15) is 5.82 Å². The highest BCUT2D eigenvalue weighted by Gasteiger charge is 2.11. The molecule has 78 valence electrons. The maximum atomic E-state index is 11.4. The Balaban J connectivity index is 2.27. The second-order valence-corrected chi connectivity index (χ2v) is 3.23. The van der Waals surface area contributed by atoms with Crippen LogP contribution in [-0.4, -0.2) is 22.4 Å². The van der Waals surface area contributed by atoms with E-state index >= 15 is 0 Å². The van der Waals surface area contributed by atoms with Crippen molar-refractivity contribution >= 4 is 5.91 Å². The van der Waals surface area contributed by atoms with Crippen molar-refractivity contribution in [3.05, 3.63) is 18.2 Å². The molecule has 4 N–H and O–H groups in total. The van der Waals surface area contributed by atoms with Crippen LogP contribution < -0.4 is 11.1 Å². The number of imidazole rings is 1. The molecule has 5 nitrogen and oxygen atoms in total. The summed E-state index contributed by atoms with van der Waals surface area (Å²) >= 11 is 0. The predicted octanol–water partition coefficient (Wildman–Crippen LogP) is 0.0108. The van der Waals surface area contributed by atoms with Gasteiger partial charge in [-0.1, -0.05) is 6.92 Å². The molecule has 1 atom stereocenters. The lowest BCUT2D eigenvalue weighted by molar-refractivity contribution is -0.124. The van der Waals surface area contributed by atoms with Crippen molar-refractivity contribution in [2.75, 3.05) is 6.54 Å². The van der Waals surface area contributed by atoms with Gasteiger partial charge in [-0.15, -0.1) is 0 Å². The van der Waals surface area contributed by atoms with Crippen LogP contribution in [0.5, 0.6) is 0 Å². The molecule has 0 aliphatic carbocycles. The van der Waals surface area contributed by atoms with Crippen LogP contribution in [0.3, 0.4) is 0 Å². The Morgan fingerprint density at radius 2 is 2.57 bits per heavy atom. The summed E-state index contributed by atoms with van der Waals surface area (Å²) < 4.78 is 0. The number of nitrogens with zero attached hydrogens (tertiary/aromatic N) is 1. The zero-order valence-electron chi connectivity index (χ0n) is 8.29. The lowest BCUT2D eigenvalue weighted by Gasteiger charge is -2.09. The van der Waals surface area contributed by atoms with Gasteiger partial charge >= 0.3 is 0 Å². The summed E-state index contributed by atoms with van der Waals surface area (Å²) in [5.41, 5.74) is 5.36. The maximum absolute atomic E-state index is 11.4. The van der Waals surface area contributed by atoms with Crippen LogP contribution in [-0.2, 0) is 11.3 Å². The van der Waals surface area contributed by atoms with E-state index in [2.05, 4.69) is 15.3 Å². The number of aromatic amines is 1. The van der Waals surface area contributed by atoms with Crippen molar-refractivity contribution in [3.63, 3.8) is 0 Å². The van der Waals surface area contributed by atoms with E-state index < -0.39 is 0 Å². The molecule has 0 aromatic carbocycles. The number of carbonyl (C=O) groups is 1. The Hall–Kier alpha value is -1.36. The molecule has 1 aromatic rings. The third-order valence-electron chi connectivity index (χ3n) is 2.03. The molecule has 1 amide bonds. The van der Waals surface area contributed by atoms with E-state index in [1.54, 1.807) is 12.4 Å². The van der Waals surface area contributed by atoms with Crippen LogP contribution in [0.25, 0.3) is 0 Å². The lowest BCUT2D eigenvalue weighted by atomic mass is 10.1. The number of H-pyrrole nitrogens is 1. The van der Waals surface area contributed by atoms with Gasteiger partial charge in [0.25, 0.3) is 0 Å². The Labute approximate surface area is 83.1 Å². The van der Waals surface area contributed by atoms with Crippen LogP contribution in [0.15, 0.2) is 12.4 Å². The van der Waals surface area contributed by atoms with E-state index in [1.807, 2.05) is 6.92 Å². The number of hydrogen-bond donors (Lipinski definition) is 3. The SMILES string of the molecule is CC(CCN)C(=O)NCc1ncc[nH]1.